The molecule has 1 aliphatic heterocycles. The minimum Gasteiger partial charge on any atom is -0.332 e. The predicted octanol–water partition coefficient (Wildman–Crippen LogP) is 2.93. The van der Waals surface area contributed by atoms with Crippen molar-refractivity contribution in [2.75, 3.05) is 6.54 Å². The number of fused-ring (bicyclic) bond motifs is 1. The molecule has 8 nitrogen and oxygen atoms in total. The van der Waals surface area contributed by atoms with Gasteiger partial charge in [-0.2, -0.15) is 4.98 Å². The molecule has 0 unspecified atom stereocenters. The Morgan fingerprint density at radius 3 is 2.73 bits per heavy atom. The van der Waals surface area contributed by atoms with Crippen LogP contribution >= 0.6 is 0 Å². The maximum atomic E-state index is 14.0. The van der Waals surface area contributed by atoms with Crippen molar-refractivity contribution < 1.29 is 18.1 Å². The molecule has 0 bridgehead atoms. The molecule has 0 atom stereocenters. The summed E-state index contributed by atoms with van der Waals surface area (Å²) in [7, 11) is 0. The van der Waals surface area contributed by atoms with Crippen LogP contribution in [0.25, 0.3) is 23.0 Å². The van der Waals surface area contributed by atoms with E-state index >= 15 is 0 Å². The first-order valence-corrected chi connectivity index (χ1v) is 9.16. The third-order valence-corrected chi connectivity index (χ3v) is 4.84. The zero-order valence-electron chi connectivity index (χ0n) is 15.5. The smallest absolute Gasteiger partial charge is 0.281 e. The van der Waals surface area contributed by atoms with Crippen molar-refractivity contribution in [3.05, 3.63) is 71.4 Å². The molecule has 3 heterocycles. The minimum absolute atomic E-state index is 0.0576. The summed E-state index contributed by atoms with van der Waals surface area (Å²) in [6, 6.07) is 12.4. The average Bonchev–Trinajstić information content (AvgIpc) is 3.41. The summed E-state index contributed by atoms with van der Waals surface area (Å²) in [5, 5.41) is 12.0. The molecule has 1 amide bonds. The number of nitrogens with zero attached hydrogens (tertiary/aromatic N) is 6. The third kappa shape index (κ3) is 3.11. The van der Waals surface area contributed by atoms with Gasteiger partial charge in [-0.1, -0.05) is 40.7 Å². The van der Waals surface area contributed by atoms with Crippen LogP contribution in [-0.4, -0.2) is 42.5 Å². The fourth-order valence-corrected chi connectivity index (χ4v) is 3.34. The van der Waals surface area contributed by atoms with Crippen molar-refractivity contribution in [1.29, 1.82) is 0 Å². The molecule has 2 aromatic carbocycles. The van der Waals surface area contributed by atoms with Crippen LogP contribution in [0.4, 0.5) is 8.78 Å². The molecule has 0 spiro atoms. The zero-order valence-corrected chi connectivity index (χ0v) is 15.5. The van der Waals surface area contributed by atoms with Gasteiger partial charge >= 0.3 is 0 Å². The molecule has 0 saturated carbocycles. The number of halogens is 2. The van der Waals surface area contributed by atoms with E-state index in [9.17, 15) is 13.6 Å². The van der Waals surface area contributed by atoms with E-state index in [1.165, 1.54) is 9.58 Å². The molecule has 5 rings (SSSR count). The van der Waals surface area contributed by atoms with E-state index in [0.29, 0.717) is 12.4 Å². The summed E-state index contributed by atoms with van der Waals surface area (Å²) in [5.74, 6) is -1.16. The fraction of sp³-hybridized carbons (Fsp3) is 0.150. The van der Waals surface area contributed by atoms with Gasteiger partial charge in [0.2, 0.25) is 5.82 Å². The van der Waals surface area contributed by atoms with Crippen molar-refractivity contribution in [2.45, 2.75) is 13.1 Å². The van der Waals surface area contributed by atoms with Gasteiger partial charge in [0.15, 0.2) is 11.4 Å². The van der Waals surface area contributed by atoms with Crippen LogP contribution in [0.15, 0.2) is 53.1 Å². The Balaban J connectivity index is 1.46. The van der Waals surface area contributed by atoms with Gasteiger partial charge in [-0.15, -0.1) is 5.10 Å². The SMILES string of the molecule is O=C1c2c(-c3nc(-c4ccccc4)no3)nnn2CCN1Cc1cc(F)ccc1F. The van der Waals surface area contributed by atoms with E-state index in [1.807, 2.05) is 30.3 Å². The van der Waals surface area contributed by atoms with Crippen molar-refractivity contribution in [1.82, 2.24) is 30.0 Å². The van der Waals surface area contributed by atoms with Gasteiger partial charge in [-0.25, -0.2) is 13.5 Å². The number of hydrogen-bond donors (Lipinski definition) is 0. The molecule has 0 saturated heterocycles. The molecular weight excluding hydrogens is 394 g/mol. The molecule has 0 radical (unpaired) electrons. The predicted molar refractivity (Wildman–Crippen MR) is 99.8 cm³/mol. The Morgan fingerprint density at radius 1 is 1.07 bits per heavy atom. The molecule has 0 N–H and O–H groups in total. The molecule has 0 aliphatic carbocycles. The molecule has 0 fully saturated rings. The van der Waals surface area contributed by atoms with Crippen LogP contribution in [-0.2, 0) is 13.1 Å². The molecular formula is C20H14F2N6O2. The van der Waals surface area contributed by atoms with Crippen LogP contribution in [0, 0.1) is 11.6 Å². The van der Waals surface area contributed by atoms with E-state index in [1.54, 1.807) is 0 Å². The van der Waals surface area contributed by atoms with Crippen molar-refractivity contribution in [3.63, 3.8) is 0 Å². The van der Waals surface area contributed by atoms with Gasteiger partial charge in [0.1, 0.15) is 11.6 Å². The third-order valence-electron chi connectivity index (χ3n) is 4.84. The number of aromatic nitrogens is 5. The van der Waals surface area contributed by atoms with Gasteiger partial charge in [-0.3, -0.25) is 4.79 Å². The highest BCUT2D eigenvalue weighted by atomic mass is 19.1. The quantitative estimate of drug-likeness (QED) is 0.516. The first kappa shape index (κ1) is 18.1. The molecule has 1 aliphatic rings. The largest absolute Gasteiger partial charge is 0.332 e. The summed E-state index contributed by atoms with van der Waals surface area (Å²) in [4.78, 5) is 18.8. The highest BCUT2D eigenvalue weighted by Gasteiger charge is 2.33. The van der Waals surface area contributed by atoms with E-state index in [2.05, 4.69) is 20.5 Å². The van der Waals surface area contributed by atoms with Gasteiger partial charge in [-0.05, 0) is 18.2 Å². The lowest BCUT2D eigenvalue weighted by Gasteiger charge is -2.27. The number of hydrogen-bond acceptors (Lipinski definition) is 6. The summed E-state index contributed by atoms with van der Waals surface area (Å²) < 4.78 is 34.3. The first-order chi connectivity index (χ1) is 14.6. The second-order valence-electron chi connectivity index (χ2n) is 6.76. The molecule has 2 aromatic heterocycles. The number of rotatable bonds is 4. The number of benzene rings is 2. The topological polar surface area (TPSA) is 89.9 Å². The highest BCUT2D eigenvalue weighted by molar-refractivity contribution is 5.98. The molecule has 30 heavy (non-hydrogen) atoms. The lowest BCUT2D eigenvalue weighted by molar-refractivity contribution is 0.0682. The number of carbonyl (C=O) groups is 1. The average molecular weight is 408 g/mol. The van der Waals surface area contributed by atoms with Crippen LogP contribution in [0.2, 0.25) is 0 Å². The summed E-state index contributed by atoms with van der Waals surface area (Å²) >= 11 is 0. The molecule has 4 aromatic rings. The van der Waals surface area contributed by atoms with E-state index in [0.717, 1.165) is 23.8 Å². The second-order valence-corrected chi connectivity index (χ2v) is 6.76. The second kappa shape index (κ2) is 7.14. The Morgan fingerprint density at radius 2 is 1.90 bits per heavy atom. The highest BCUT2D eigenvalue weighted by Crippen LogP contribution is 2.27. The van der Waals surface area contributed by atoms with Crippen LogP contribution in [0.1, 0.15) is 16.1 Å². The Bertz CT molecular complexity index is 1240. The number of carbonyl (C=O) groups excluding carboxylic acids is 1. The van der Waals surface area contributed by atoms with Crippen molar-refractivity contribution in [2.24, 2.45) is 0 Å². The van der Waals surface area contributed by atoms with Gasteiger partial charge in [0.25, 0.3) is 11.8 Å². The van der Waals surface area contributed by atoms with E-state index in [-0.39, 0.29) is 35.9 Å². The Hall–Kier alpha value is -3.95. The minimum atomic E-state index is -0.578. The summed E-state index contributed by atoms with van der Waals surface area (Å²) in [6.07, 6.45) is 0. The van der Waals surface area contributed by atoms with Gasteiger partial charge in [0, 0.05) is 24.2 Å². The standard InChI is InChI=1S/C20H14F2N6O2/c21-14-6-7-15(22)13(10-14)11-27-8-9-28-17(20(27)29)16(24-26-28)19-23-18(25-30-19)12-4-2-1-3-5-12/h1-7,10H,8-9,11H2. The summed E-state index contributed by atoms with van der Waals surface area (Å²) in [5.41, 5.74) is 1.17. The van der Waals surface area contributed by atoms with Gasteiger partial charge < -0.3 is 9.42 Å². The molecule has 150 valence electrons. The first-order valence-electron chi connectivity index (χ1n) is 9.16. The van der Waals surface area contributed by atoms with Crippen molar-refractivity contribution in [3.8, 4) is 23.0 Å². The maximum absolute atomic E-state index is 14.0. The maximum Gasteiger partial charge on any atom is 0.281 e. The van der Waals surface area contributed by atoms with Crippen LogP contribution in [0.3, 0.4) is 0 Å². The lowest BCUT2D eigenvalue weighted by atomic mass is 10.1. The van der Waals surface area contributed by atoms with Crippen LogP contribution in [0.5, 0.6) is 0 Å². The Kier molecular flexibility index (Phi) is 4.31. The number of amides is 1. The normalized spacial score (nSPS) is 13.5. The summed E-state index contributed by atoms with van der Waals surface area (Å²) in [6.45, 7) is 0.556. The van der Waals surface area contributed by atoms with Gasteiger partial charge in [0.05, 0.1) is 6.54 Å². The monoisotopic (exact) mass is 408 g/mol. The van der Waals surface area contributed by atoms with E-state index < -0.39 is 17.5 Å². The lowest BCUT2D eigenvalue weighted by Crippen LogP contribution is -2.40. The zero-order chi connectivity index (χ0) is 20.7. The van der Waals surface area contributed by atoms with Crippen molar-refractivity contribution >= 4 is 5.91 Å². The fourth-order valence-electron chi connectivity index (χ4n) is 3.34. The molecule has 10 heteroatoms. The van der Waals surface area contributed by atoms with Crippen LogP contribution < -0.4 is 0 Å². The van der Waals surface area contributed by atoms with E-state index in [4.69, 9.17) is 4.52 Å². The Labute approximate surface area is 168 Å².